The van der Waals surface area contributed by atoms with Gasteiger partial charge in [0, 0.05) is 12.1 Å². The van der Waals surface area contributed by atoms with E-state index in [-0.39, 0.29) is 0 Å². The highest BCUT2D eigenvalue weighted by atomic mass is 79.9. The van der Waals surface area contributed by atoms with Crippen LogP contribution in [0.5, 0.6) is 5.75 Å². The topological polar surface area (TPSA) is 21.3 Å². The molecule has 0 fully saturated rings. The Kier molecular flexibility index (Phi) is 4.72. The molecule has 0 heterocycles. The summed E-state index contributed by atoms with van der Waals surface area (Å²) in [4.78, 5) is 0. The molecule has 0 radical (unpaired) electrons. The summed E-state index contributed by atoms with van der Waals surface area (Å²) < 4.78 is 6.24. The molecule has 0 saturated carbocycles. The first-order chi connectivity index (χ1) is 9.11. The molecule has 0 spiro atoms. The number of aryl methyl sites for hydroxylation is 1. The Labute approximate surface area is 126 Å². The van der Waals surface area contributed by atoms with Gasteiger partial charge in [-0.3, -0.25) is 0 Å². The van der Waals surface area contributed by atoms with Crippen LogP contribution in [0.1, 0.15) is 11.1 Å². The number of rotatable bonds is 4. The van der Waals surface area contributed by atoms with Gasteiger partial charge in [-0.05, 0) is 41.1 Å². The molecule has 2 aromatic rings. The van der Waals surface area contributed by atoms with E-state index in [2.05, 4.69) is 34.2 Å². The Morgan fingerprint density at radius 1 is 1.26 bits per heavy atom. The van der Waals surface area contributed by atoms with Crippen LogP contribution < -0.4 is 10.1 Å². The number of anilines is 1. The van der Waals surface area contributed by atoms with Crippen LogP contribution in [0, 0.1) is 6.92 Å². The van der Waals surface area contributed by atoms with Crippen LogP contribution in [0.4, 0.5) is 5.69 Å². The number of nitrogens with one attached hydrogen (secondary N) is 1. The van der Waals surface area contributed by atoms with Gasteiger partial charge in [0.25, 0.3) is 0 Å². The third-order valence-electron chi connectivity index (χ3n) is 2.86. The van der Waals surface area contributed by atoms with Crippen LogP contribution in [0.25, 0.3) is 0 Å². The Bertz CT molecular complexity index is 586. The van der Waals surface area contributed by atoms with Crippen molar-refractivity contribution in [1.82, 2.24) is 0 Å². The van der Waals surface area contributed by atoms with E-state index in [4.69, 9.17) is 16.3 Å². The molecule has 2 rings (SSSR count). The first kappa shape index (κ1) is 14.2. The molecule has 2 nitrogen and oxygen atoms in total. The van der Waals surface area contributed by atoms with Crippen molar-refractivity contribution in [2.75, 3.05) is 12.4 Å². The second-order valence-electron chi connectivity index (χ2n) is 4.27. The molecular weight excluding hydrogens is 326 g/mol. The fourth-order valence-corrected chi connectivity index (χ4v) is 2.46. The van der Waals surface area contributed by atoms with Crippen LogP contribution >= 0.6 is 27.5 Å². The summed E-state index contributed by atoms with van der Waals surface area (Å²) >= 11 is 9.55. The maximum Gasteiger partial charge on any atom is 0.123 e. The molecule has 0 aliphatic rings. The predicted octanol–water partition coefficient (Wildman–Crippen LogP) is 5.03. The molecule has 0 saturated heterocycles. The molecule has 0 unspecified atom stereocenters. The minimum Gasteiger partial charge on any atom is -0.496 e. The van der Waals surface area contributed by atoms with Gasteiger partial charge in [-0.2, -0.15) is 0 Å². The van der Waals surface area contributed by atoms with E-state index in [0.29, 0.717) is 11.6 Å². The van der Waals surface area contributed by atoms with Crippen molar-refractivity contribution >= 4 is 33.2 Å². The van der Waals surface area contributed by atoms with Gasteiger partial charge < -0.3 is 10.1 Å². The largest absolute Gasteiger partial charge is 0.496 e. The van der Waals surface area contributed by atoms with Crippen molar-refractivity contribution in [2.45, 2.75) is 13.5 Å². The van der Waals surface area contributed by atoms with Gasteiger partial charge in [0.15, 0.2) is 0 Å². The highest BCUT2D eigenvalue weighted by molar-refractivity contribution is 9.10. The molecule has 2 aromatic carbocycles. The number of halogens is 2. The lowest BCUT2D eigenvalue weighted by molar-refractivity contribution is 0.410. The third-order valence-corrected chi connectivity index (χ3v) is 4.25. The molecule has 0 bridgehead atoms. The van der Waals surface area contributed by atoms with E-state index >= 15 is 0 Å². The molecular formula is C15H15BrClNO. The minimum atomic E-state index is 0.684. The molecule has 19 heavy (non-hydrogen) atoms. The zero-order valence-electron chi connectivity index (χ0n) is 10.8. The average molecular weight is 341 g/mol. The molecule has 100 valence electrons. The number of hydrogen-bond acceptors (Lipinski definition) is 2. The Morgan fingerprint density at radius 2 is 2.05 bits per heavy atom. The van der Waals surface area contributed by atoms with Crippen molar-refractivity contribution in [3.63, 3.8) is 0 Å². The van der Waals surface area contributed by atoms with E-state index in [0.717, 1.165) is 21.5 Å². The van der Waals surface area contributed by atoms with Crippen LogP contribution in [0.2, 0.25) is 5.02 Å². The van der Waals surface area contributed by atoms with Crippen LogP contribution in [0.15, 0.2) is 40.9 Å². The Hall–Kier alpha value is -1.19. The summed E-state index contributed by atoms with van der Waals surface area (Å²) in [5.74, 6) is 0.885. The third kappa shape index (κ3) is 3.43. The maximum atomic E-state index is 6.07. The van der Waals surface area contributed by atoms with Gasteiger partial charge in [-0.25, -0.2) is 0 Å². The lowest BCUT2D eigenvalue weighted by Crippen LogP contribution is -2.02. The molecule has 4 heteroatoms. The van der Waals surface area contributed by atoms with Crippen molar-refractivity contribution in [1.29, 1.82) is 0 Å². The fourth-order valence-electron chi connectivity index (χ4n) is 1.88. The number of ether oxygens (including phenoxy) is 1. The fraction of sp³-hybridized carbons (Fsp3) is 0.200. The molecule has 0 aromatic heterocycles. The van der Waals surface area contributed by atoms with E-state index in [1.165, 1.54) is 5.56 Å². The van der Waals surface area contributed by atoms with Crippen molar-refractivity contribution in [2.24, 2.45) is 0 Å². The van der Waals surface area contributed by atoms with Crippen molar-refractivity contribution < 1.29 is 4.74 Å². The van der Waals surface area contributed by atoms with Crippen LogP contribution in [0.3, 0.4) is 0 Å². The molecule has 0 amide bonds. The number of benzene rings is 2. The highest BCUT2D eigenvalue weighted by Gasteiger charge is 2.06. The summed E-state index contributed by atoms with van der Waals surface area (Å²) in [6.07, 6.45) is 0. The lowest BCUT2D eigenvalue weighted by Gasteiger charge is -2.13. The monoisotopic (exact) mass is 339 g/mol. The summed E-state index contributed by atoms with van der Waals surface area (Å²) in [6.45, 7) is 2.75. The van der Waals surface area contributed by atoms with E-state index in [9.17, 15) is 0 Å². The smallest absolute Gasteiger partial charge is 0.123 e. The molecule has 0 aliphatic heterocycles. The van der Waals surface area contributed by atoms with Crippen LogP contribution in [-0.2, 0) is 6.54 Å². The zero-order valence-corrected chi connectivity index (χ0v) is 13.2. The zero-order chi connectivity index (χ0) is 13.8. The van der Waals surface area contributed by atoms with Gasteiger partial charge in [-0.1, -0.05) is 35.4 Å². The standard InChI is InChI=1S/C15H15BrClNO/c1-10-6-7-14(19-2)11(8-10)9-18-13-5-3-4-12(17)15(13)16/h3-8,18H,9H2,1-2H3. The summed E-state index contributed by atoms with van der Waals surface area (Å²) in [7, 11) is 1.68. The summed E-state index contributed by atoms with van der Waals surface area (Å²) in [6, 6.07) is 11.9. The van der Waals surface area contributed by atoms with Crippen LogP contribution in [-0.4, -0.2) is 7.11 Å². The highest BCUT2D eigenvalue weighted by Crippen LogP contribution is 2.31. The minimum absolute atomic E-state index is 0.684. The normalized spacial score (nSPS) is 10.3. The van der Waals surface area contributed by atoms with Gasteiger partial charge in [-0.15, -0.1) is 0 Å². The SMILES string of the molecule is COc1ccc(C)cc1CNc1cccc(Cl)c1Br. The summed E-state index contributed by atoms with van der Waals surface area (Å²) in [5, 5.41) is 4.06. The molecule has 0 aliphatic carbocycles. The van der Waals surface area contributed by atoms with E-state index in [1.807, 2.05) is 30.3 Å². The van der Waals surface area contributed by atoms with Gasteiger partial charge >= 0.3 is 0 Å². The number of methoxy groups -OCH3 is 1. The summed E-state index contributed by atoms with van der Waals surface area (Å²) in [5.41, 5.74) is 3.30. The van der Waals surface area contributed by atoms with Crippen molar-refractivity contribution in [3.05, 3.63) is 57.0 Å². The van der Waals surface area contributed by atoms with Crippen molar-refractivity contribution in [3.8, 4) is 5.75 Å². The predicted molar refractivity (Wildman–Crippen MR) is 84.2 cm³/mol. The lowest BCUT2D eigenvalue weighted by atomic mass is 10.1. The second-order valence-corrected chi connectivity index (χ2v) is 5.47. The quantitative estimate of drug-likeness (QED) is 0.842. The van der Waals surface area contributed by atoms with E-state index < -0.39 is 0 Å². The first-order valence-corrected chi connectivity index (χ1v) is 7.10. The number of hydrogen-bond donors (Lipinski definition) is 1. The molecule has 0 atom stereocenters. The average Bonchev–Trinajstić information content (AvgIpc) is 2.40. The van der Waals surface area contributed by atoms with Gasteiger partial charge in [0.1, 0.15) is 5.75 Å². The van der Waals surface area contributed by atoms with Gasteiger partial charge in [0.2, 0.25) is 0 Å². The first-order valence-electron chi connectivity index (χ1n) is 5.93. The molecule has 1 N–H and O–H groups in total. The van der Waals surface area contributed by atoms with Gasteiger partial charge in [0.05, 0.1) is 22.3 Å². The second kappa shape index (κ2) is 6.31. The maximum absolute atomic E-state index is 6.07. The Balaban J connectivity index is 2.18. The Morgan fingerprint density at radius 3 is 2.79 bits per heavy atom. The van der Waals surface area contributed by atoms with E-state index in [1.54, 1.807) is 7.11 Å².